The molecule has 3 aromatic carbocycles. The summed E-state index contributed by atoms with van der Waals surface area (Å²) in [5, 5.41) is 3.61. The summed E-state index contributed by atoms with van der Waals surface area (Å²) in [6.07, 6.45) is 10.3. The highest BCUT2D eigenvalue weighted by Gasteiger charge is 2.28. The minimum absolute atomic E-state index is 0.00999. The second-order valence-corrected chi connectivity index (χ2v) is 26.3. The molecule has 2 aliphatic rings. The van der Waals surface area contributed by atoms with E-state index < -0.39 is 10.0 Å². The molecule has 29 heteroatoms. The summed E-state index contributed by atoms with van der Waals surface area (Å²) in [7, 11) is 3.75. The van der Waals surface area contributed by atoms with E-state index in [0.29, 0.717) is 189 Å². The minimum Gasteiger partial charge on any atom is -0.493 e. The molecule has 2 N–H and O–H groups in total. The lowest BCUT2D eigenvalue weighted by atomic mass is 10.0. The van der Waals surface area contributed by atoms with Gasteiger partial charge in [-0.3, -0.25) is 47.5 Å². The van der Waals surface area contributed by atoms with E-state index in [9.17, 15) is 32.4 Å². The molecule has 0 radical (unpaired) electrons. The molecule has 5 heterocycles. The number of nitrogens with zero attached hydrogens (tertiary/aromatic N) is 9. The van der Waals surface area contributed by atoms with Crippen molar-refractivity contribution >= 4 is 61.1 Å². The molecule has 2 amide bonds. The van der Waals surface area contributed by atoms with Crippen molar-refractivity contribution in [3.8, 4) is 34.5 Å². The number of carbonyl (C=O) groups excluding carboxylic acids is 3. The van der Waals surface area contributed by atoms with Crippen LogP contribution in [0.1, 0.15) is 98.7 Å². The van der Waals surface area contributed by atoms with Crippen LogP contribution in [-0.2, 0) is 63.8 Å². The maximum atomic E-state index is 13.9. The van der Waals surface area contributed by atoms with Crippen molar-refractivity contribution in [2.75, 3.05) is 156 Å². The van der Waals surface area contributed by atoms with Crippen LogP contribution in [0.15, 0.2) is 87.5 Å². The number of piperazine rings is 1. The van der Waals surface area contributed by atoms with Crippen LogP contribution in [0, 0.1) is 6.92 Å². The summed E-state index contributed by atoms with van der Waals surface area (Å²) in [6.45, 7) is 13.5. The largest absolute Gasteiger partial charge is 0.493 e. The first-order valence-electron chi connectivity index (χ1n) is 34.1. The maximum absolute atomic E-state index is 13.9. The maximum Gasteiger partial charge on any atom is 0.328 e. The van der Waals surface area contributed by atoms with Gasteiger partial charge < -0.3 is 62.5 Å². The molecule has 1 saturated carbocycles. The van der Waals surface area contributed by atoms with Gasteiger partial charge in [-0.05, 0) is 95.4 Å². The molecule has 100 heavy (non-hydrogen) atoms. The van der Waals surface area contributed by atoms with Gasteiger partial charge in [-0.25, -0.2) is 23.2 Å². The highest BCUT2D eigenvalue weighted by atomic mass is 32.2. The van der Waals surface area contributed by atoms with Crippen molar-refractivity contribution < 1.29 is 70.2 Å². The van der Waals surface area contributed by atoms with Gasteiger partial charge in [-0.1, -0.05) is 19.8 Å². The molecular formula is C71H95N11O17S. The van der Waals surface area contributed by atoms with Crippen molar-refractivity contribution in [3.05, 3.63) is 117 Å². The van der Waals surface area contributed by atoms with Crippen LogP contribution < -0.4 is 49.9 Å². The summed E-state index contributed by atoms with van der Waals surface area (Å²) < 4.78 is 92.4. The van der Waals surface area contributed by atoms with E-state index in [1.165, 1.54) is 48.5 Å². The Morgan fingerprint density at radius 1 is 0.690 bits per heavy atom. The number of rotatable bonds is 41. The molecule has 28 nitrogen and oxygen atoms in total. The van der Waals surface area contributed by atoms with Gasteiger partial charge in [0.2, 0.25) is 11.8 Å². The summed E-state index contributed by atoms with van der Waals surface area (Å²) in [4.78, 5) is 85.0. The van der Waals surface area contributed by atoms with Gasteiger partial charge in [0, 0.05) is 100 Å². The van der Waals surface area contributed by atoms with Gasteiger partial charge in [-0.2, -0.15) is 0 Å². The Bertz CT molecular complexity index is 4130. The van der Waals surface area contributed by atoms with Gasteiger partial charge in [0.25, 0.3) is 15.6 Å². The van der Waals surface area contributed by atoms with Crippen molar-refractivity contribution in [2.45, 2.75) is 89.5 Å². The monoisotopic (exact) mass is 1410 g/mol. The predicted octanol–water partition coefficient (Wildman–Crippen LogP) is 7.02. The fraction of sp³-hybridized carbons (Fsp3) is 0.521. The number of anilines is 2. The molecule has 0 unspecified atom stereocenters. The van der Waals surface area contributed by atoms with E-state index in [2.05, 4.69) is 19.9 Å². The average Bonchev–Trinajstić information content (AvgIpc) is 1.18. The number of ketones is 1. The number of benzene rings is 3. The van der Waals surface area contributed by atoms with Gasteiger partial charge in [-0.15, -0.1) is 0 Å². The van der Waals surface area contributed by atoms with Crippen molar-refractivity contribution in [2.24, 2.45) is 14.1 Å². The quantitative estimate of drug-likeness (QED) is 0.0287. The number of sulfonamides is 1. The number of nitrogens with one attached hydrogen (secondary N) is 2. The van der Waals surface area contributed by atoms with E-state index in [1.54, 1.807) is 62.1 Å². The van der Waals surface area contributed by atoms with Gasteiger partial charge >= 0.3 is 5.69 Å². The Kier molecular flexibility index (Phi) is 28.0. The molecule has 1 aliphatic carbocycles. The Morgan fingerprint density at radius 3 is 1.95 bits per heavy atom. The number of hydrogen-bond donors (Lipinski definition) is 2. The number of Topliss-reactive ketones (excluding diaryl/α,β-unsaturated/α-hetero) is 1. The number of methoxy groups -OCH3 is 2. The Labute approximate surface area is 583 Å². The molecule has 9 rings (SSSR count). The van der Waals surface area contributed by atoms with E-state index in [0.717, 1.165) is 55.3 Å². The van der Waals surface area contributed by atoms with Crippen LogP contribution >= 0.6 is 0 Å². The van der Waals surface area contributed by atoms with E-state index in [1.807, 2.05) is 42.1 Å². The van der Waals surface area contributed by atoms with Crippen LogP contribution in [0.2, 0.25) is 0 Å². The van der Waals surface area contributed by atoms with Crippen LogP contribution in [0.25, 0.3) is 22.1 Å². The highest BCUT2D eigenvalue weighted by molar-refractivity contribution is 7.92. The fourth-order valence-corrected chi connectivity index (χ4v) is 13.1. The average molecular weight is 1410 g/mol. The fourth-order valence-electron chi connectivity index (χ4n) is 12.1. The van der Waals surface area contributed by atoms with Crippen molar-refractivity contribution in [1.82, 2.24) is 43.8 Å². The first-order chi connectivity index (χ1) is 48.4. The first-order valence-corrected chi connectivity index (χ1v) is 35.6. The van der Waals surface area contributed by atoms with Crippen LogP contribution in [0.5, 0.6) is 34.5 Å². The predicted molar refractivity (Wildman–Crippen MR) is 377 cm³/mol. The number of hydrogen-bond acceptors (Lipinski definition) is 22. The number of fused-ring (bicyclic) bond motifs is 2. The van der Waals surface area contributed by atoms with Crippen LogP contribution in [-0.4, -0.2) is 211 Å². The zero-order valence-corrected chi connectivity index (χ0v) is 59.5. The topological polar surface area (TPSA) is 299 Å². The number of likely N-dealkylation sites (N-methyl/N-ethyl adjacent to an activating group) is 1. The third-order valence-corrected chi connectivity index (χ3v) is 18.8. The number of ether oxygens (including phenoxy) is 10. The third kappa shape index (κ3) is 20.5. The second kappa shape index (κ2) is 37.1. The molecule has 2 fully saturated rings. The molecule has 0 spiro atoms. The lowest BCUT2D eigenvalue weighted by Crippen LogP contribution is -2.49. The highest BCUT2D eigenvalue weighted by Crippen LogP contribution is 2.39. The molecule has 0 bridgehead atoms. The SMILES string of the molecule is CCCOc1cc(OCCCCN(C)CC(=O)NCCOCCOCCOCCOCCOCCC(=O)N2CCN(c3ccc(Cc4ncc5c(C)c(C(C)=O)c(=O)n(C6CCCC6)c5n4)nc3)CC2)cc(Oc2cc3c(cc2NS(=O)(=O)c2ccc(OC)c(OC)c2)n(C)c(=O)n3C)c1. The van der Waals surface area contributed by atoms with Gasteiger partial charge in [0.1, 0.15) is 28.7 Å². The number of unbranched alkanes of at least 4 members (excludes halogenated alkanes) is 1. The second-order valence-electron chi connectivity index (χ2n) is 24.7. The van der Waals surface area contributed by atoms with Gasteiger partial charge in [0.15, 0.2) is 23.0 Å². The smallest absolute Gasteiger partial charge is 0.328 e. The van der Waals surface area contributed by atoms with Gasteiger partial charge in [0.05, 0.1) is 152 Å². The summed E-state index contributed by atoms with van der Waals surface area (Å²) >= 11 is 0. The molecule has 542 valence electrons. The van der Waals surface area contributed by atoms with Crippen LogP contribution in [0.4, 0.5) is 11.4 Å². The minimum atomic E-state index is -4.22. The summed E-state index contributed by atoms with van der Waals surface area (Å²) in [5.41, 5.74) is 3.67. The molecule has 1 aliphatic heterocycles. The lowest BCUT2D eigenvalue weighted by Gasteiger charge is -2.36. The first kappa shape index (κ1) is 75.5. The lowest BCUT2D eigenvalue weighted by molar-refractivity contribution is -0.132. The summed E-state index contributed by atoms with van der Waals surface area (Å²) in [6, 6.07) is 16.5. The molecule has 0 atom stereocenters. The van der Waals surface area contributed by atoms with E-state index >= 15 is 0 Å². The molecule has 7 aromatic rings. The Balaban J connectivity index is 0.571. The molecule has 4 aromatic heterocycles. The standard InChI is InChI=1S/C71H95N11O17S/c1-9-27-97-54-40-55(42-56(41-54)99-63-45-61-60(78(5)71(87)79(61)6)44-59(63)76-100(88,89)57-18-19-62(90-7)64(43-57)91-8)98-28-13-12-22-77(4)48-66(84)72-21-30-93-32-34-95-36-38-96-37-35-94-33-31-92-29-20-67(85)81-25-23-80(24-26-81)53-17-16-51(73-46-53)39-65-74-47-58-49(2)68(50(3)83)70(86)82(69(58)75-65)52-14-10-11-15-52/h16-19,40-47,52,76H,9-15,20-39,48H2,1-8H3,(H,72,84). The molecular weight excluding hydrogens is 1310 g/mol. The zero-order chi connectivity index (χ0) is 71.1. The number of amides is 2. The number of pyridine rings is 2. The number of imidazole rings is 1. The normalized spacial score (nSPS) is 13.6. The summed E-state index contributed by atoms with van der Waals surface area (Å²) in [5.74, 6) is 2.21. The zero-order valence-electron chi connectivity index (χ0n) is 58.7. The van der Waals surface area contributed by atoms with Crippen molar-refractivity contribution in [1.29, 1.82) is 0 Å². The number of carbonyl (C=O) groups is 3. The number of aryl methyl sites for hydroxylation is 3. The number of aromatic nitrogens is 6. The van der Waals surface area contributed by atoms with Crippen molar-refractivity contribution in [3.63, 3.8) is 0 Å². The van der Waals surface area contributed by atoms with E-state index in [4.69, 9.17) is 57.3 Å². The third-order valence-electron chi connectivity index (χ3n) is 17.4. The van der Waals surface area contributed by atoms with Crippen LogP contribution in [0.3, 0.4) is 0 Å². The Morgan fingerprint density at radius 2 is 1.32 bits per heavy atom. The van der Waals surface area contributed by atoms with E-state index in [-0.39, 0.29) is 69.1 Å². The Hall–Kier alpha value is -8.71. The molecule has 1 saturated heterocycles.